The average Bonchev–Trinajstić information content (AvgIpc) is 2.76. The predicted molar refractivity (Wildman–Crippen MR) is 123 cm³/mol. The fraction of sp³-hybridized carbons (Fsp3) is 0.174. The number of hydrogen-bond donors (Lipinski definition) is 1. The van der Waals surface area contributed by atoms with E-state index in [1.807, 2.05) is 18.2 Å². The van der Waals surface area contributed by atoms with E-state index in [-0.39, 0.29) is 19.1 Å². The maximum atomic E-state index is 12.3. The van der Waals surface area contributed by atoms with E-state index in [4.69, 9.17) is 16.3 Å². The summed E-state index contributed by atoms with van der Waals surface area (Å²) in [4.78, 5) is 12.3. The molecule has 31 heavy (non-hydrogen) atoms. The molecule has 3 aromatic rings. The number of benzene rings is 3. The van der Waals surface area contributed by atoms with Crippen LogP contribution in [0.25, 0.3) is 0 Å². The van der Waals surface area contributed by atoms with Gasteiger partial charge in [0, 0.05) is 5.56 Å². The summed E-state index contributed by atoms with van der Waals surface area (Å²) >= 11 is 6.03. The van der Waals surface area contributed by atoms with Gasteiger partial charge in [0.1, 0.15) is 12.4 Å². The van der Waals surface area contributed by atoms with Crippen LogP contribution < -0.4 is 14.4 Å². The number of rotatable bonds is 9. The Balaban J connectivity index is 1.56. The smallest absolute Gasteiger partial charge is 0.251 e. The molecule has 0 spiro atoms. The van der Waals surface area contributed by atoms with Gasteiger partial charge in [0.15, 0.2) is 0 Å². The molecule has 6 nitrogen and oxygen atoms in total. The lowest BCUT2D eigenvalue weighted by Crippen LogP contribution is -2.29. The van der Waals surface area contributed by atoms with Gasteiger partial charge < -0.3 is 10.1 Å². The van der Waals surface area contributed by atoms with Crippen LogP contribution in [-0.4, -0.2) is 33.7 Å². The molecule has 0 radical (unpaired) electrons. The summed E-state index contributed by atoms with van der Waals surface area (Å²) in [5, 5.41) is 3.30. The van der Waals surface area contributed by atoms with E-state index in [9.17, 15) is 13.2 Å². The van der Waals surface area contributed by atoms with E-state index in [0.29, 0.717) is 28.6 Å². The molecule has 0 aliphatic rings. The molecule has 0 aliphatic carbocycles. The second-order valence-corrected chi connectivity index (χ2v) is 9.15. The van der Waals surface area contributed by atoms with Crippen LogP contribution in [0, 0.1) is 0 Å². The SMILES string of the molecule is CS(=O)(=O)N(Cc1ccc(C(=O)NCCOc2ccccc2Cl)cc1)c1ccccc1. The normalized spacial score (nSPS) is 11.0. The first kappa shape index (κ1) is 22.7. The van der Waals surface area contributed by atoms with Crippen molar-refractivity contribution in [2.24, 2.45) is 0 Å². The molecule has 0 aliphatic heterocycles. The summed E-state index contributed by atoms with van der Waals surface area (Å²) in [5.74, 6) is 0.328. The summed E-state index contributed by atoms with van der Waals surface area (Å²) in [6, 6.07) is 22.9. The zero-order valence-electron chi connectivity index (χ0n) is 17.0. The molecule has 1 amide bonds. The van der Waals surface area contributed by atoms with Gasteiger partial charge in [-0.25, -0.2) is 8.42 Å². The molecule has 0 fully saturated rings. The van der Waals surface area contributed by atoms with Gasteiger partial charge in [0.25, 0.3) is 5.91 Å². The minimum Gasteiger partial charge on any atom is -0.490 e. The van der Waals surface area contributed by atoms with Crippen LogP contribution in [-0.2, 0) is 16.6 Å². The van der Waals surface area contributed by atoms with Gasteiger partial charge in [0.2, 0.25) is 10.0 Å². The van der Waals surface area contributed by atoms with Gasteiger partial charge in [-0.15, -0.1) is 0 Å². The van der Waals surface area contributed by atoms with Gasteiger partial charge in [-0.2, -0.15) is 0 Å². The summed E-state index contributed by atoms with van der Waals surface area (Å²) in [5.41, 5.74) is 1.84. The third-order valence-electron chi connectivity index (χ3n) is 4.47. The van der Waals surface area contributed by atoms with E-state index >= 15 is 0 Å². The number of carbonyl (C=O) groups is 1. The Hall–Kier alpha value is -3.03. The molecule has 162 valence electrons. The summed E-state index contributed by atoms with van der Waals surface area (Å²) < 4.78 is 31.3. The summed E-state index contributed by atoms with van der Waals surface area (Å²) in [6.07, 6.45) is 1.17. The van der Waals surface area contributed by atoms with E-state index in [1.165, 1.54) is 10.6 Å². The standard InChI is InChI=1S/C23H23ClN2O4S/c1-31(28,29)26(20-7-3-2-4-8-20)17-18-11-13-19(14-12-18)23(27)25-15-16-30-22-10-6-5-9-21(22)24/h2-14H,15-17H2,1H3,(H,25,27). The molecular formula is C23H23ClN2O4S. The first-order valence-electron chi connectivity index (χ1n) is 9.62. The van der Waals surface area contributed by atoms with E-state index in [1.54, 1.807) is 60.7 Å². The molecule has 0 bridgehead atoms. The van der Waals surface area contributed by atoms with Crippen LogP contribution >= 0.6 is 11.6 Å². The fourth-order valence-corrected chi connectivity index (χ4v) is 3.99. The lowest BCUT2D eigenvalue weighted by atomic mass is 10.1. The van der Waals surface area contributed by atoms with Crippen molar-refractivity contribution < 1.29 is 17.9 Å². The lowest BCUT2D eigenvalue weighted by molar-refractivity contribution is 0.0947. The van der Waals surface area contributed by atoms with E-state index in [2.05, 4.69) is 5.32 Å². The number of anilines is 1. The summed E-state index contributed by atoms with van der Waals surface area (Å²) in [6.45, 7) is 0.784. The van der Waals surface area contributed by atoms with Crippen LogP contribution in [0.1, 0.15) is 15.9 Å². The number of hydrogen-bond acceptors (Lipinski definition) is 4. The molecule has 3 rings (SSSR count). The maximum absolute atomic E-state index is 12.3. The number of nitrogens with one attached hydrogen (secondary N) is 1. The van der Waals surface area contributed by atoms with Gasteiger partial charge in [-0.05, 0) is 42.0 Å². The Bertz CT molecular complexity index is 1120. The molecule has 0 aromatic heterocycles. The minimum absolute atomic E-state index is 0.177. The van der Waals surface area contributed by atoms with Crippen LogP contribution in [0.3, 0.4) is 0 Å². The maximum Gasteiger partial charge on any atom is 0.251 e. The van der Waals surface area contributed by atoms with Crippen molar-refractivity contribution in [3.63, 3.8) is 0 Å². The van der Waals surface area contributed by atoms with Crippen molar-refractivity contribution in [3.05, 3.63) is 95.0 Å². The van der Waals surface area contributed by atoms with Gasteiger partial charge in [-0.3, -0.25) is 9.10 Å². The highest BCUT2D eigenvalue weighted by molar-refractivity contribution is 7.92. The van der Waals surface area contributed by atoms with Crippen LogP contribution in [0.5, 0.6) is 5.75 Å². The highest BCUT2D eigenvalue weighted by atomic mass is 35.5. The van der Waals surface area contributed by atoms with Crippen LogP contribution in [0.4, 0.5) is 5.69 Å². The molecule has 0 unspecified atom stereocenters. The molecule has 8 heteroatoms. The monoisotopic (exact) mass is 458 g/mol. The number of carbonyl (C=O) groups excluding carboxylic acids is 1. The van der Waals surface area contributed by atoms with Gasteiger partial charge >= 0.3 is 0 Å². The molecule has 1 N–H and O–H groups in total. The largest absolute Gasteiger partial charge is 0.490 e. The molecule has 0 heterocycles. The first-order valence-corrected chi connectivity index (χ1v) is 11.8. The minimum atomic E-state index is -3.45. The molecule has 0 saturated carbocycles. The molecule has 3 aromatic carbocycles. The van der Waals surface area contributed by atoms with E-state index in [0.717, 1.165) is 5.56 Å². The van der Waals surface area contributed by atoms with Crippen molar-refractivity contribution in [1.29, 1.82) is 0 Å². The number of halogens is 1. The number of amides is 1. The Morgan fingerprint density at radius 1 is 0.968 bits per heavy atom. The molecule has 0 atom stereocenters. The molecule has 0 saturated heterocycles. The Kier molecular flexibility index (Phi) is 7.55. The third-order valence-corrected chi connectivity index (χ3v) is 5.92. The zero-order valence-corrected chi connectivity index (χ0v) is 18.6. The number of sulfonamides is 1. The Morgan fingerprint density at radius 3 is 2.26 bits per heavy atom. The van der Waals surface area contributed by atoms with Crippen molar-refractivity contribution >= 4 is 33.2 Å². The zero-order chi connectivity index (χ0) is 22.3. The number of nitrogens with zero attached hydrogens (tertiary/aromatic N) is 1. The van der Waals surface area contributed by atoms with Crippen LogP contribution in [0.2, 0.25) is 5.02 Å². The number of ether oxygens (including phenoxy) is 1. The summed E-state index contributed by atoms with van der Waals surface area (Å²) in [7, 11) is -3.45. The fourth-order valence-electron chi connectivity index (χ4n) is 2.91. The highest BCUT2D eigenvalue weighted by Crippen LogP contribution is 2.23. The Labute approximate surface area is 187 Å². The topological polar surface area (TPSA) is 75.7 Å². The second kappa shape index (κ2) is 10.3. The van der Waals surface area contributed by atoms with E-state index < -0.39 is 10.0 Å². The number of para-hydroxylation sites is 2. The highest BCUT2D eigenvalue weighted by Gasteiger charge is 2.17. The second-order valence-electron chi connectivity index (χ2n) is 6.84. The quantitative estimate of drug-likeness (QED) is 0.489. The van der Waals surface area contributed by atoms with Crippen molar-refractivity contribution in [2.45, 2.75) is 6.54 Å². The average molecular weight is 459 g/mol. The van der Waals surface area contributed by atoms with Crippen molar-refractivity contribution in [1.82, 2.24) is 5.32 Å². The van der Waals surface area contributed by atoms with Crippen molar-refractivity contribution in [2.75, 3.05) is 23.7 Å². The van der Waals surface area contributed by atoms with Gasteiger partial charge in [0.05, 0.1) is 30.1 Å². The lowest BCUT2D eigenvalue weighted by Gasteiger charge is -2.22. The van der Waals surface area contributed by atoms with Crippen molar-refractivity contribution in [3.8, 4) is 5.75 Å². The van der Waals surface area contributed by atoms with Gasteiger partial charge in [-0.1, -0.05) is 54.1 Å². The first-order chi connectivity index (χ1) is 14.8. The predicted octanol–water partition coefficient (Wildman–Crippen LogP) is 4.12. The third kappa shape index (κ3) is 6.47. The van der Waals surface area contributed by atoms with Crippen LogP contribution in [0.15, 0.2) is 78.9 Å². The Morgan fingerprint density at radius 2 is 1.61 bits per heavy atom. The molecular weight excluding hydrogens is 436 g/mol.